The van der Waals surface area contributed by atoms with Crippen LogP contribution in [0, 0.1) is 11.6 Å². The molecule has 14 heavy (non-hydrogen) atoms. The maximum atomic E-state index is 13.2. The second kappa shape index (κ2) is 3.31. The van der Waals surface area contributed by atoms with Crippen LogP contribution in [0.3, 0.4) is 0 Å². The molecule has 0 bridgehead atoms. The van der Waals surface area contributed by atoms with Gasteiger partial charge < -0.3 is 5.73 Å². The highest BCUT2D eigenvalue weighted by Crippen LogP contribution is 2.33. The van der Waals surface area contributed by atoms with E-state index in [9.17, 15) is 8.78 Å². The lowest BCUT2D eigenvalue weighted by molar-refractivity contribution is 0.242. The average Bonchev–Trinajstić information content (AvgIpc) is 2.09. The van der Waals surface area contributed by atoms with Gasteiger partial charge in [0.1, 0.15) is 11.6 Å². The van der Waals surface area contributed by atoms with Gasteiger partial charge in [0.05, 0.1) is 0 Å². The SMILES string of the molecule is NC1(Cc2c(F)cccc2F)CCC1. The van der Waals surface area contributed by atoms with Gasteiger partial charge in [-0.05, 0) is 37.8 Å². The van der Waals surface area contributed by atoms with Crippen LogP contribution in [0.1, 0.15) is 24.8 Å². The fourth-order valence-corrected chi connectivity index (χ4v) is 1.86. The number of nitrogens with two attached hydrogens (primary N) is 1. The molecule has 1 aromatic rings. The minimum Gasteiger partial charge on any atom is -0.325 e. The number of hydrogen-bond acceptors (Lipinski definition) is 1. The first-order valence-corrected chi connectivity index (χ1v) is 4.82. The third-order valence-corrected chi connectivity index (χ3v) is 2.94. The average molecular weight is 197 g/mol. The molecule has 0 amide bonds. The predicted molar refractivity (Wildman–Crippen MR) is 50.8 cm³/mol. The zero-order chi connectivity index (χ0) is 10.2. The van der Waals surface area contributed by atoms with Crippen molar-refractivity contribution in [3.8, 4) is 0 Å². The predicted octanol–water partition coefficient (Wildman–Crippen LogP) is 2.39. The number of halogens is 2. The van der Waals surface area contributed by atoms with Gasteiger partial charge in [0, 0.05) is 11.1 Å². The second-order valence-electron chi connectivity index (χ2n) is 4.09. The van der Waals surface area contributed by atoms with E-state index in [4.69, 9.17) is 5.73 Å². The third kappa shape index (κ3) is 1.64. The Balaban J connectivity index is 2.23. The summed E-state index contributed by atoms with van der Waals surface area (Å²) in [5.41, 5.74) is 5.70. The highest BCUT2D eigenvalue weighted by Gasteiger charge is 2.34. The Morgan fingerprint density at radius 3 is 2.21 bits per heavy atom. The van der Waals surface area contributed by atoms with E-state index >= 15 is 0 Å². The highest BCUT2D eigenvalue weighted by atomic mass is 19.1. The van der Waals surface area contributed by atoms with Gasteiger partial charge in [-0.25, -0.2) is 8.78 Å². The lowest BCUT2D eigenvalue weighted by atomic mass is 9.73. The minimum absolute atomic E-state index is 0.134. The summed E-state index contributed by atoms with van der Waals surface area (Å²) in [6, 6.07) is 3.93. The largest absolute Gasteiger partial charge is 0.325 e. The summed E-state index contributed by atoms with van der Waals surface area (Å²) in [6.07, 6.45) is 3.10. The molecule has 1 aliphatic rings. The summed E-state index contributed by atoms with van der Waals surface area (Å²) in [7, 11) is 0. The van der Waals surface area contributed by atoms with Crippen LogP contribution >= 0.6 is 0 Å². The molecule has 1 aliphatic carbocycles. The molecule has 2 rings (SSSR count). The summed E-state index contributed by atoms with van der Waals surface area (Å²) in [6.45, 7) is 0. The van der Waals surface area contributed by atoms with E-state index in [1.807, 2.05) is 0 Å². The van der Waals surface area contributed by atoms with Crippen molar-refractivity contribution in [1.82, 2.24) is 0 Å². The Hall–Kier alpha value is -0.960. The standard InChI is InChI=1S/C11H13F2N/c12-9-3-1-4-10(13)8(9)7-11(14)5-2-6-11/h1,3-4H,2,5-7,14H2. The molecule has 0 aliphatic heterocycles. The molecule has 0 unspecified atom stereocenters. The van der Waals surface area contributed by atoms with Crippen molar-refractivity contribution in [1.29, 1.82) is 0 Å². The molecule has 2 N–H and O–H groups in total. The molecule has 3 heteroatoms. The Morgan fingerprint density at radius 2 is 1.79 bits per heavy atom. The van der Waals surface area contributed by atoms with E-state index < -0.39 is 11.6 Å². The smallest absolute Gasteiger partial charge is 0.129 e. The molecule has 0 aromatic heterocycles. The molecule has 1 fully saturated rings. The van der Waals surface area contributed by atoms with Crippen LogP contribution in [-0.2, 0) is 6.42 Å². The Morgan fingerprint density at radius 1 is 1.21 bits per heavy atom. The van der Waals surface area contributed by atoms with Gasteiger partial charge in [-0.15, -0.1) is 0 Å². The summed E-state index contributed by atoms with van der Waals surface area (Å²) in [4.78, 5) is 0. The van der Waals surface area contributed by atoms with Gasteiger partial charge in [0.2, 0.25) is 0 Å². The lowest BCUT2D eigenvalue weighted by Crippen LogP contribution is -2.48. The van der Waals surface area contributed by atoms with Crippen LogP contribution < -0.4 is 5.73 Å². The molecule has 0 spiro atoms. The number of hydrogen-bond donors (Lipinski definition) is 1. The van der Waals surface area contributed by atoms with Crippen LogP contribution in [0.25, 0.3) is 0 Å². The van der Waals surface area contributed by atoms with E-state index in [1.54, 1.807) is 0 Å². The minimum atomic E-state index is -0.485. The monoisotopic (exact) mass is 197 g/mol. The molecule has 0 atom stereocenters. The zero-order valence-electron chi connectivity index (χ0n) is 7.89. The molecule has 0 radical (unpaired) electrons. The van der Waals surface area contributed by atoms with Crippen molar-refractivity contribution in [2.24, 2.45) is 5.73 Å². The summed E-state index contributed by atoms with van der Waals surface area (Å²) in [5, 5.41) is 0. The normalized spacial score (nSPS) is 19.1. The van der Waals surface area contributed by atoms with Crippen LogP contribution in [0.2, 0.25) is 0 Å². The van der Waals surface area contributed by atoms with E-state index in [-0.39, 0.29) is 11.1 Å². The van der Waals surface area contributed by atoms with Crippen molar-refractivity contribution in [3.05, 3.63) is 35.4 Å². The van der Waals surface area contributed by atoms with E-state index in [2.05, 4.69) is 0 Å². The Labute approximate surface area is 81.9 Å². The first kappa shape index (κ1) is 9.59. The molecule has 0 heterocycles. The lowest BCUT2D eigenvalue weighted by Gasteiger charge is -2.38. The van der Waals surface area contributed by atoms with E-state index in [1.165, 1.54) is 18.2 Å². The van der Waals surface area contributed by atoms with Crippen LogP contribution in [0.5, 0.6) is 0 Å². The van der Waals surface area contributed by atoms with Crippen LogP contribution in [0.15, 0.2) is 18.2 Å². The molecule has 1 aromatic carbocycles. The maximum Gasteiger partial charge on any atom is 0.129 e. The quantitative estimate of drug-likeness (QED) is 0.774. The number of rotatable bonds is 2. The fourth-order valence-electron chi connectivity index (χ4n) is 1.86. The summed E-state index contributed by atoms with van der Waals surface area (Å²) >= 11 is 0. The topological polar surface area (TPSA) is 26.0 Å². The van der Waals surface area contributed by atoms with E-state index in [0.717, 1.165) is 19.3 Å². The van der Waals surface area contributed by atoms with Gasteiger partial charge >= 0.3 is 0 Å². The molecule has 1 nitrogen and oxygen atoms in total. The van der Waals surface area contributed by atoms with Gasteiger partial charge in [-0.1, -0.05) is 6.07 Å². The van der Waals surface area contributed by atoms with Crippen molar-refractivity contribution in [2.45, 2.75) is 31.2 Å². The number of benzene rings is 1. The molecule has 1 saturated carbocycles. The fraction of sp³-hybridized carbons (Fsp3) is 0.455. The van der Waals surface area contributed by atoms with Crippen LogP contribution in [-0.4, -0.2) is 5.54 Å². The highest BCUT2D eigenvalue weighted by molar-refractivity contribution is 5.23. The van der Waals surface area contributed by atoms with Crippen molar-refractivity contribution >= 4 is 0 Å². The second-order valence-corrected chi connectivity index (χ2v) is 4.09. The zero-order valence-corrected chi connectivity index (χ0v) is 7.89. The van der Waals surface area contributed by atoms with Crippen molar-refractivity contribution in [2.75, 3.05) is 0 Å². The molecular formula is C11H13F2N. The molecule has 0 saturated heterocycles. The molecule has 76 valence electrons. The van der Waals surface area contributed by atoms with Crippen molar-refractivity contribution in [3.63, 3.8) is 0 Å². The van der Waals surface area contributed by atoms with Crippen LogP contribution in [0.4, 0.5) is 8.78 Å². The van der Waals surface area contributed by atoms with Gasteiger partial charge in [-0.2, -0.15) is 0 Å². The van der Waals surface area contributed by atoms with Crippen molar-refractivity contribution < 1.29 is 8.78 Å². The Kier molecular flexibility index (Phi) is 2.27. The van der Waals surface area contributed by atoms with E-state index in [0.29, 0.717) is 6.42 Å². The van der Waals surface area contributed by atoms with Gasteiger partial charge in [0.25, 0.3) is 0 Å². The van der Waals surface area contributed by atoms with Gasteiger partial charge in [0.15, 0.2) is 0 Å². The van der Waals surface area contributed by atoms with Gasteiger partial charge in [-0.3, -0.25) is 0 Å². The summed E-state index contributed by atoms with van der Waals surface area (Å²) < 4.78 is 26.5. The first-order chi connectivity index (χ1) is 6.61. The Bertz CT molecular complexity index is 325. The first-order valence-electron chi connectivity index (χ1n) is 4.82. The third-order valence-electron chi connectivity index (χ3n) is 2.94. The summed E-state index contributed by atoms with van der Waals surface area (Å²) in [5.74, 6) is -0.969. The maximum absolute atomic E-state index is 13.2. The molecular weight excluding hydrogens is 184 g/mol.